The van der Waals surface area contributed by atoms with Gasteiger partial charge in [0.05, 0.1) is 12.5 Å². The summed E-state index contributed by atoms with van der Waals surface area (Å²) in [6, 6.07) is 0. The van der Waals surface area contributed by atoms with E-state index in [0.29, 0.717) is 5.92 Å². The van der Waals surface area contributed by atoms with Crippen molar-refractivity contribution in [1.82, 2.24) is 0 Å². The fraction of sp³-hybridized carbons (Fsp3) is 0.941. The van der Waals surface area contributed by atoms with Crippen molar-refractivity contribution in [3.05, 3.63) is 0 Å². The largest absolute Gasteiger partial charge is 0.481 e. The van der Waals surface area contributed by atoms with Gasteiger partial charge in [-0.25, -0.2) is 0 Å². The minimum absolute atomic E-state index is 0.117. The van der Waals surface area contributed by atoms with Crippen LogP contribution in [0.15, 0.2) is 0 Å². The van der Waals surface area contributed by atoms with Gasteiger partial charge in [-0.2, -0.15) is 0 Å². The van der Waals surface area contributed by atoms with Gasteiger partial charge in [-0.05, 0) is 30.5 Å². The molecule has 0 rings (SSSR count). The molecule has 0 radical (unpaired) electrons. The first-order chi connectivity index (χ1) is 9.51. The van der Waals surface area contributed by atoms with Crippen LogP contribution < -0.4 is 0 Å². The van der Waals surface area contributed by atoms with Crippen LogP contribution in [0.2, 0.25) is 18.1 Å². The van der Waals surface area contributed by atoms with Crippen molar-refractivity contribution in [2.24, 2.45) is 5.92 Å². The number of carboxylic acid groups (broad SMARTS) is 1. The van der Waals surface area contributed by atoms with Gasteiger partial charge >= 0.3 is 5.97 Å². The smallest absolute Gasteiger partial charge is 0.305 e. The van der Waals surface area contributed by atoms with E-state index in [4.69, 9.17) is 4.43 Å². The third kappa shape index (κ3) is 8.00. The molecule has 0 unspecified atom stereocenters. The molecule has 4 heteroatoms. The summed E-state index contributed by atoms with van der Waals surface area (Å²) in [5.74, 6) is -0.439. The number of hydrogen-bond donors (Lipinski definition) is 1. The summed E-state index contributed by atoms with van der Waals surface area (Å²) in [5, 5.41) is 9.29. The van der Waals surface area contributed by atoms with Gasteiger partial charge in [0.2, 0.25) is 0 Å². The van der Waals surface area contributed by atoms with E-state index in [9.17, 15) is 9.90 Å². The second kappa shape index (κ2) is 8.94. The topological polar surface area (TPSA) is 46.5 Å². The second-order valence-electron chi connectivity index (χ2n) is 7.84. The molecule has 0 amide bonds. The first-order valence-corrected chi connectivity index (χ1v) is 11.3. The molecule has 0 aliphatic rings. The van der Waals surface area contributed by atoms with Crippen molar-refractivity contribution in [3.8, 4) is 0 Å². The van der Waals surface area contributed by atoms with Crippen LogP contribution in [0.25, 0.3) is 0 Å². The Labute approximate surface area is 132 Å². The lowest BCUT2D eigenvalue weighted by Gasteiger charge is -2.40. The molecular weight excluding hydrogens is 280 g/mol. The van der Waals surface area contributed by atoms with Crippen molar-refractivity contribution >= 4 is 14.3 Å². The van der Waals surface area contributed by atoms with E-state index in [1.165, 1.54) is 25.7 Å². The molecule has 0 aromatic heterocycles. The maximum atomic E-state index is 11.2. The number of carbonyl (C=O) groups is 1. The average Bonchev–Trinajstić information content (AvgIpc) is 2.31. The quantitative estimate of drug-likeness (QED) is 0.430. The molecule has 2 atom stereocenters. The summed E-state index contributed by atoms with van der Waals surface area (Å²) >= 11 is 0. The summed E-state index contributed by atoms with van der Waals surface area (Å²) in [6.07, 6.45) is 5.94. The number of aliphatic carboxylic acids is 1. The maximum absolute atomic E-state index is 11.2. The molecule has 1 N–H and O–H groups in total. The third-order valence-electron chi connectivity index (χ3n) is 4.78. The molecule has 0 spiro atoms. The van der Waals surface area contributed by atoms with Gasteiger partial charge in [-0.15, -0.1) is 0 Å². The highest BCUT2D eigenvalue weighted by Gasteiger charge is 2.40. The lowest BCUT2D eigenvalue weighted by atomic mass is 9.95. The Morgan fingerprint density at radius 1 is 1.19 bits per heavy atom. The fourth-order valence-corrected chi connectivity index (χ4v) is 3.59. The Kier molecular flexibility index (Phi) is 8.79. The fourth-order valence-electron chi connectivity index (χ4n) is 2.17. The summed E-state index contributed by atoms with van der Waals surface area (Å²) in [4.78, 5) is 11.2. The van der Waals surface area contributed by atoms with Gasteiger partial charge in [-0.1, -0.05) is 60.3 Å². The monoisotopic (exact) mass is 316 g/mol. The molecule has 0 saturated carbocycles. The highest BCUT2D eigenvalue weighted by Crippen LogP contribution is 2.38. The van der Waals surface area contributed by atoms with Crippen LogP contribution in [0.4, 0.5) is 0 Å². The van der Waals surface area contributed by atoms with Crippen LogP contribution in [0.1, 0.15) is 73.1 Å². The zero-order valence-electron chi connectivity index (χ0n) is 15.2. The molecular formula is C17H36O3Si. The molecule has 21 heavy (non-hydrogen) atoms. The molecule has 0 fully saturated rings. The second-order valence-corrected chi connectivity index (χ2v) is 12.6. The van der Waals surface area contributed by atoms with Gasteiger partial charge in [-0.3, -0.25) is 4.79 Å². The van der Waals surface area contributed by atoms with Gasteiger partial charge in [0.1, 0.15) is 0 Å². The zero-order chi connectivity index (χ0) is 16.7. The number of rotatable bonds is 10. The average molecular weight is 317 g/mol. The van der Waals surface area contributed by atoms with E-state index in [1.807, 2.05) is 0 Å². The van der Waals surface area contributed by atoms with Crippen LogP contribution in [-0.4, -0.2) is 25.5 Å². The van der Waals surface area contributed by atoms with Gasteiger partial charge in [0.25, 0.3) is 0 Å². The van der Waals surface area contributed by atoms with Crippen LogP contribution >= 0.6 is 0 Å². The number of hydrogen-bond acceptors (Lipinski definition) is 2. The van der Waals surface area contributed by atoms with Gasteiger partial charge in [0, 0.05) is 0 Å². The van der Waals surface area contributed by atoms with Crippen LogP contribution in [-0.2, 0) is 9.22 Å². The number of unbranched alkanes of at least 4 members (excludes halogenated alkanes) is 3. The van der Waals surface area contributed by atoms with E-state index >= 15 is 0 Å². The summed E-state index contributed by atoms with van der Waals surface area (Å²) in [7, 11) is -1.92. The molecule has 0 aliphatic carbocycles. The summed E-state index contributed by atoms with van der Waals surface area (Å²) in [5.41, 5.74) is 0. The summed E-state index contributed by atoms with van der Waals surface area (Å²) in [6.45, 7) is 15.3. The van der Waals surface area contributed by atoms with E-state index in [-0.39, 0.29) is 17.6 Å². The van der Waals surface area contributed by atoms with E-state index in [0.717, 1.165) is 6.42 Å². The minimum atomic E-state index is -1.92. The predicted molar refractivity (Wildman–Crippen MR) is 92.2 cm³/mol. The molecule has 0 saturated heterocycles. The van der Waals surface area contributed by atoms with Crippen molar-refractivity contribution in [3.63, 3.8) is 0 Å². The summed E-state index contributed by atoms with van der Waals surface area (Å²) < 4.78 is 6.39. The van der Waals surface area contributed by atoms with E-state index in [2.05, 4.69) is 47.7 Å². The Balaban J connectivity index is 4.68. The lowest BCUT2D eigenvalue weighted by Crippen LogP contribution is -2.46. The Hall–Kier alpha value is -0.353. The zero-order valence-corrected chi connectivity index (χ0v) is 16.2. The third-order valence-corrected chi connectivity index (χ3v) is 9.28. The normalized spacial score (nSPS) is 15.8. The molecule has 126 valence electrons. The molecule has 0 bridgehead atoms. The van der Waals surface area contributed by atoms with Crippen molar-refractivity contribution in [2.75, 3.05) is 0 Å². The molecule has 0 heterocycles. The number of carboxylic acids is 1. The van der Waals surface area contributed by atoms with Crippen LogP contribution in [0.3, 0.4) is 0 Å². The Morgan fingerprint density at radius 2 is 1.76 bits per heavy atom. The first-order valence-electron chi connectivity index (χ1n) is 8.41. The Morgan fingerprint density at radius 3 is 2.19 bits per heavy atom. The minimum Gasteiger partial charge on any atom is -0.481 e. The molecule has 0 aromatic carbocycles. The lowest BCUT2D eigenvalue weighted by molar-refractivity contribution is -0.139. The molecule has 3 nitrogen and oxygen atoms in total. The van der Waals surface area contributed by atoms with Crippen LogP contribution in [0, 0.1) is 5.92 Å². The van der Waals surface area contributed by atoms with E-state index < -0.39 is 14.3 Å². The first kappa shape index (κ1) is 20.6. The van der Waals surface area contributed by atoms with E-state index in [1.54, 1.807) is 0 Å². The highest BCUT2D eigenvalue weighted by molar-refractivity contribution is 6.74. The van der Waals surface area contributed by atoms with Crippen molar-refractivity contribution < 1.29 is 14.3 Å². The van der Waals surface area contributed by atoms with Gasteiger partial charge in [0.15, 0.2) is 8.32 Å². The van der Waals surface area contributed by atoms with Crippen molar-refractivity contribution in [2.45, 2.75) is 97.4 Å². The highest BCUT2D eigenvalue weighted by atomic mass is 28.4. The van der Waals surface area contributed by atoms with Gasteiger partial charge < -0.3 is 9.53 Å². The molecule has 0 aliphatic heterocycles. The van der Waals surface area contributed by atoms with Crippen molar-refractivity contribution in [1.29, 1.82) is 0 Å². The molecule has 0 aromatic rings. The Bertz CT molecular complexity index is 308. The standard InChI is InChI=1S/C17H36O3Si/c1-8-9-10-11-12-14(2)15(13-16(18)19)20-21(6,7)17(3,4)5/h14-15H,8-13H2,1-7H3,(H,18,19)/t14-,15-/m0/s1. The van der Waals surface area contributed by atoms with Crippen LogP contribution in [0.5, 0.6) is 0 Å². The predicted octanol–water partition coefficient (Wildman–Crippen LogP) is 5.46. The maximum Gasteiger partial charge on any atom is 0.305 e. The SMILES string of the molecule is CCCCCC[C@H](C)[C@H](CC(=O)O)O[Si](C)(C)C(C)(C)C.